The third kappa shape index (κ3) is 4.54. The van der Waals surface area contributed by atoms with Crippen molar-refractivity contribution in [3.63, 3.8) is 0 Å². The molecule has 0 aromatic heterocycles. The van der Waals surface area contributed by atoms with Crippen LogP contribution in [-0.4, -0.2) is 50.8 Å². The van der Waals surface area contributed by atoms with Gasteiger partial charge in [-0.25, -0.2) is 0 Å². The molecule has 96 valence electrons. The van der Waals surface area contributed by atoms with Gasteiger partial charge in [-0.1, -0.05) is 12.1 Å². The second kappa shape index (κ2) is 6.84. The van der Waals surface area contributed by atoms with Gasteiger partial charge in [0.15, 0.2) is 0 Å². The lowest BCUT2D eigenvalue weighted by atomic mass is 10.1. The maximum atomic E-state index is 8.83. The van der Waals surface area contributed by atoms with Crippen LogP contribution in [0.25, 0.3) is 0 Å². The Morgan fingerprint density at radius 1 is 1.18 bits per heavy atom. The largest absolute Gasteiger partial charge is 0.395 e. The summed E-state index contributed by atoms with van der Waals surface area (Å²) in [6, 6.07) is 8.24. The maximum absolute atomic E-state index is 8.83. The van der Waals surface area contributed by atoms with Gasteiger partial charge < -0.3 is 14.9 Å². The normalized spacial score (nSPS) is 12.8. The van der Waals surface area contributed by atoms with E-state index in [0.717, 1.165) is 12.1 Å². The molecule has 1 rings (SSSR count). The van der Waals surface area contributed by atoms with E-state index in [4.69, 9.17) is 16.7 Å². The van der Waals surface area contributed by atoms with Crippen molar-refractivity contribution in [3.8, 4) is 0 Å². The van der Waals surface area contributed by atoms with Gasteiger partial charge in [0.1, 0.15) is 0 Å². The molecule has 0 bridgehead atoms. The highest BCUT2D eigenvalue weighted by Crippen LogP contribution is 2.23. The third-order valence-electron chi connectivity index (χ3n) is 2.72. The zero-order valence-corrected chi connectivity index (χ0v) is 11.5. The minimum Gasteiger partial charge on any atom is -0.395 e. The molecule has 0 spiro atoms. The van der Waals surface area contributed by atoms with Gasteiger partial charge in [0.05, 0.1) is 12.0 Å². The van der Waals surface area contributed by atoms with E-state index in [0.29, 0.717) is 6.54 Å². The zero-order chi connectivity index (χ0) is 12.8. The summed E-state index contributed by atoms with van der Waals surface area (Å²) in [6.07, 6.45) is 0. The maximum Gasteiger partial charge on any atom is 0.0712 e. The molecular formula is C13H21ClN2O. The van der Waals surface area contributed by atoms with Crippen LogP contribution in [-0.2, 0) is 0 Å². The summed E-state index contributed by atoms with van der Waals surface area (Å²) in [6.45, 7) is 1.56. The summed E-state index contributed by atoms with van der Waals surface area (Å²) in [7, 11) is 5.99. The molecule has 4 heteroatoms. The molecule has 0 radical (unpaired) electrons. The first-order valence-electron chi connectivity index (χ1n) is 5.75. The second-order valence-electron chi connectivity index (χ2n) is 4.44. The van der Waals surface area contributed by atoms with Crippen molar-refractivity contribution in [1.29, 1.82) is 0 Å². The number of halogens is 1. The standard InChI is InChI=1S/C13H21ClN2O/c1-15(2)12-6-4-11(5-7-12)13(14)10-16(3)8-9-17/h4-7,13,17H,8-10H2,1-3H3. The van der Waals surface area contributed by atoms with Crippen LogP contribution >= 0.6 is 11.6 Å². The Morgan fingerprint density at radius 2 is 1.76 bits per heavy atom. The van der Waals surface area contributed by atoms with Gasteiger partial charge in [0.2, 0.25) is 0 Å². The molecule has 1 unspecified atom stereocenters. The first-order chi connectivity index (χ1) is 8.04. The molecule has 1 N–H and O–H groups in total. The summed E-state index contributed by atoms with van der Waals surface area (Å²) in [4.78, 5) is 4.09. The number of nitrogens with zero attached hydrogens (tertiary/aromatic N) is 2. The predicted octanol–water partition coefficient (Wildman–Crippen LogP) is 1.96. The van der Waals surface area contributed by atoms with E-state index in [1.54, 1.807) is 0 Å². The molecule has 0 amide bonds. The number of aliphatic hydroxyl groups excluding tert-OH is 1. The fraction of sp³-hybridized carbons (Fsp3) is 0.538. The van der Waals surface area contributed by atoms with E-state index in [-0.39, 0.29) is 12.0 Å². The summed E-state index contributed by atoms with van der Waals surface area (Å²) in [5.74, 6) is 0. The number of hydrogen-bond acceptors (Lipinski definition) is 3. The summed E-state index contributed by atoms with van der Waals surface area (Å²) in [5, 5.41) is 8.79. The molecule has 17 heavy (non-hydrogen) atoms. The average molecular weight is 257 g/mol. The Kier molecular flexibility index (Phi) is 5.75. The fourth-order valence-corrected chi connectivity index (χ4v) is 2.00. The Morgan fingerprint density at radius 3 is 2.24 bits per heavy atom. The van der Waals surface area contributed by atoms with Crippen LogP contribution in [0.2, 0.25) is 0 Å². The van der Waals surface area contributed by atoms with Crippen LogP contribution in [0, 0.1) is 0 Å². The molecule has 0 aliphatic rings. The summed E-state index contributed by atoms with van der Waals surface area (Å²) in [5.41, 5.74) is 2.28. The average Bonchev–Trinajstić information content (AvgIpc) is 2.29. The van der Waals surface area contributed by atoms with Gasteiger partial charge in [0, 0.05) is 32.9 Å². The lowest BCUT2D eigenvalue weighted by Crippen LogP contribution is -2.25. The van der Waals surface area contributed by atoms with Crippen molar-refractivity contribution in [2.24, 2.45) is 0 Å². The quantitative estimate of drug-likeness (QED) is 0.789. The number of likely N-dealkylation sites (N-methyl/N-ethyl adjacent to an activating group) is 1. The molecule has 0 aliphatic heterocycles. The fourth-order valence-electron chi connectivity index (χ4n) is 1.62. The van der Waals surface area contributed by atoms with Gasteiger partial charge in [-0.05, 0) is 24.7 Å². The smallest absolute Gasteiger partial charge is 0.0712 e. The van der Waals surface area contributed by atoms with Crippen molar-refractivity contribution >= 4 is 17.3 Å². The first-order valence-corrected chi connectivity index (χ1v) is 6.19. The number of anilines is 1. The highest BCUT2D eigenvalue weighted by molar-refractivity contribution is 6.21. The molecular weight excluding hydrogens is 236 g/mol. The Hall–Kier alpha value is -0.770. The van der Waals surface area contributed by atoms with Crippen LogP contribution < -0.4 is 4.90 Å². The van der Waals surface area contributed by atoms with E-state index >= 15 is 0 Å². The van der Waals surface area contributed by atoms with Gasteiger partial charge in [-0.2, -0.15) is 0 Å². The number of alkyl halides is 1. The second-order valence-corrected chi connectivity index (χ2v) is 4.97. The van der Waals surface area contributed by atoms with Crippen molar-refractivity contribution in [2.45, 2.75) is 5.38 Å². The minimum absolute atomic E-state index is 0.0391. The van der Waals surface area contributed by atoms with E-state index in [1.165, 1.54) is 5.69 Å². The SMILES string of the molecule is CN(CCO)CC(Cl)c1ccc(N(C)C)cc1. The predicted molar refractivity (Wildman–Crippen MR) is 73.9 cm³/mol. The van der Waals surface area contributed by atoms with E-state index in [1.807, 2.05) is 26.0 Å². The Labute approximate surface area is 109 Å². The van der Waals surface area contributed by atoms with Crippen molar-refractivity contribution in [1.82, 2.24) is 4.90 Å². The molecule has 1 atom stereocenters. The lowest BCUT2D eigenvalue weighted by molar-refractivity contribution is 0.221. The molecule has 0 heterocycles. The van der Waals surface area contributed by atoms with Gasteiger partial charge in [-0.15, -0.1) is 11.6 Å². The highest BCUT2D eigenvalue weighted by Gasteiger charge is 2.10. The molecule has 3 nitrogen and oxygen atoms in total. The number of benzene rings is 1. The molecule has 0 saturated carbocycles. The third-order valence-corrected chi connectivity index (χ3v) is 3.11. The van der Waals surface area contributed by atoms with E-state index in [9.17, 15) is 0 Å². The lowest BCUT2D eigenvalue weighted by Gasteiger charge is -2.20. The van der Waals surface area contributed by atoms with Gasteiger partial charge in [-0.3, -0.25) is 0 Å². The van der Waals surface area contributed by atoms with Crippen molar-refractivity contribution in [3.05, 3.63) is 29.8 Å². The van der Waals surface area contributed by atoms with Crippen molar-refractivity contribution < 1.29 is 5.11 Å². The topological polar surface area (TPSA) is 26.7 Å². The van der Waals surface area contributed by atoms with E-state index in [2.05, 4.69) is 29.2 Å². The summed E-state index contributed by atoms with van der Waals surface area (Å²) < 4.78 is 0. The number of aliphatic hydroxyl groups is 1. The first kappa shape index (κ1) is 14.3. The number of hydrogen-bond donors (Lipinski definition) is 1. The molecule has 1 aromatic carbocycles. The molecule has 0 saturated heterocycles. The van der Waals surface area contributed by atoms with Crippen molar-refractivity contribution in [2.75, 3.05) is 45.7 Å². The molecule has 0 fully saturated rings. The number of rotatable bonds is 6. The summed E-state index contributed by atoms with van der Waals surface area (Å²) >= 11 is 6.33. The van der Waals surface area contributed by atoms with Crippen LogP contribution in [0.3, 0.4) is 0 Å². The minimum atomic E-state index is -0.0391. The van der Waals surface area contributed by atoms with Crippen LogP contribution in [0.15, 0.2) is 24.3 Å². The monoisotopic (exact) mass is 256 g/mol. The Balaban J connectivity index is 2.60. The molecule has 0 aliphatic carbocycles. The van der Waals surface area contributed by atoms with Crippen LogP contribution in [0.1, 0.15) is 10.9 Å². The van der Waals surface area contributed by atoms with Crippen LogP contribution in [0.4, 0.5) is 5.69 Å². The molecule has 1 aromatic rings. The van der Waals surface area contributed by atoms with Crippen LogP contribution in [0.5, 0.6) is 0 Å². The highest BCUT2D eigenvalue weighted by atomic mass is 35.5. The Bertz CT molecular complexity index is 327. The zero-order valence-electron chi connectivity index (χ0n) is 10.7. The van der Waals surface area contributed by atoms with E-state index < -0.39 is 0 Å². The van der Waals surface area contributed by atoms with Gasteiger partial charge in [0.25, 0.3) is 0 Å². The van der Waals surface area contributed by atoms with Gasteiger partial charge >= 0.3 is 0 Å².